The Morgan fingerprint density at radius 2 is 1.86 bits per heavy atom. The quantitative estimate of drug-likeness (QED) is 0.623. The molecule has 0 unspecified atom stereocenters. The van der Waals surface area contributed by atoms with E-state index in [1.165, 1.54) is 10.9 Å². The summed E-state index contributed by atoms with van der Waals surface area (Å²) in [6.45, 7) is 12.6. The van der Waals surface area contributed by atoms with Crippen LogP contribution >= 0.6 is 0 Å². The first-order valence-corrected chi connectivity index (χ1v) is 7.73. The normalized spacial score (nSPS) is 11.3. The summed E-state index contributed by atoms with van der Waals surface area (Å²) in [4.78, 5) is 0. The van der Waals surface area contributed by atoms with E-state index in [9.17, 15) is 0 Å². The van der Waals surface area contributed by atoms with Crippen molar-refractivity contribution in [1.82, 2.24) is 9.78 Å². The molecule has 0 N–H and O–H groups in total. The van der Waals surface area contributed by atoms with Gasteiger partial charge in [0.2, 0.25) is 0 Å². The van der Waals surface area contributed by atoms with Crippen molar-refractivity contribution in [3.63, 3.8) is 0 Å². The number of hydrogen-bond donors (Lipinski definition) is 0. The van der Waals surface area contributed by atoms with Crippen LogP contribution in [0.4, 0.5) is 0 Å². The Morgan fingerprint density at radius 1 is 1.14 bits per heavy atom. The molecule has 0 saturated heterocycles. The molecule has 0 bridgehead atoms. The van der Waals surface area contributed by atoms with Crippen molar-refractivity contribution in [2.45, 2.75) is 33.6 Å². The highest BCUT2D eigenvalue weighted by Gasteiger charge is 2.15. The molecule has 0 atom stereocenters. The monoisotopic (exact) mass is 290 g/mol. The van der Waals surface area contributed by atoms with E-state index in [0.717, 1.165) is 28.0 Å². The number of fused-ring (bicyclic) bond motifs is 1. The molecule has 1 heterocycles. The van der Waals surface area contributed by atoms with E-state index < -0.39 is 0 Å². The number of para-hydroxylation sites is 1. The third kappa shape index (κ3) is 2.35. The number of nitrogens with zero attached hydrogens (tertiary/aromatic N) is 2. The van der Waals surface area contributed by atoms with Crippen LogP contribution in [-0.2, 0) is 0 Å². The molecule has 0 radical (unpaired) electrons. The lowest BCUT2D eigenvalue weighted by atomic mass is 10.0. The van der Waals surface area contributed by atoms with Gasteiger partial charge in [-0.1, -0.05) is 56.3 Å². The van der Waals surface area contributed by atoms with E-state index in [1.54, 1.807) is 0 Å². The molecule has 3 rings (SSSR count). The largest absolute Gasteiger partial charge is 0.233 e. The van der Waals surface area contributed by atoms with Gasteiger partial charge in [-0.3, -0.25) is 0 Å². The van der Waals surface area contributed by atoms with E-state index in [-0.39, 0.29) is 0 Å². The Morgan fingerprint density at radius 3 is 2.50 bits per heavy atom. The zero-order valence-corrected chi connectivity index (χ0v) is 13.7. The minimum atomic E-state index is 0.392. The van der Waals surface area contributed by atoms with Gasteiger partial charge in [0, 0.05) is 5.39 Å². The highest BCUT2D eigenvalue weighted by atomic mass is 15.3. The van der Waals surface area contributed by atoms with Crippen molar-refractivity contribution < 1.29 is 0 Å². The van der Waals surface area contributed by atoms with Gasteiger partial charge in [0.25, 0.3) is 0 Å². The van der Waals surface area contributed by atoms with Crippen LogP contribution in [0, 0.1) is 6.92 Å². The maximum Gasteiger partial charge on any atom is 0.0750 e. The van der Waals surface area contributed by atoms with Gasteiger partial charge in [-0.2, -0.15) is 5.10 Å². The van der Waals surface area contributed by atoms with Crippen molar-refractivity contribution >= 4 is 16.5 Å². The summed E-state index contributed by atoms with van der Waals surface area (Å²) in [5.74, 6) is 0.392. The first-order valence-electron chi connectivity index (χ1n) is 7.73. The lowest BCUT2D eigenvalue weighted by Gasteiger charge is -2.08. The van der Waals surface area contributed by atoms with E-state index in [0.29, 0.717) is 5.92 Å². The van der Waals surface area contributed by atoms with Crippen molar-refractivity contribution in [2.75, 3.05) is 0 Å². The molecule has 1 aromatic heterocycles. The van der Waals surface area contributed by atoms with Crippen molar-refractivity contribution in [2.24, 2.45) is 0 Å². The molecule has 2 nitrogen and oxygen atoms in total. The van der Waals surface area contributed by atoms with Gasteiger partial charge in [0.15, 0.2) is 0 Å². The van der Waals surface area contributed by atoms with E-state index in [2.05, 4.69) is 74.5 Å². The second kappa shape index (κ2) is 5.45. The summed E-state index contributed by atoms with van der Waals surface area (Å²) in [5.41, 5.74) is 6.90. The predicted molar refractivity (Wildman–Crippen MR) is 94.6 cm³/mol. The maximum atomic E-state index is 4.91. The Labute approximate surface area is 132 Å². The van der Waals surface area contributed by atoms with Crippen molar-refractivity contribution in [1.29, 1.82) is 0 Å². The number of rotatable bonds is 3. The van der Waals surface area contributed by atoms with Crippen LogP contribution in [0.25, 0.3) is 22.2 Å². The highest BCUT2D eigenvalue weighted by molar-refractivity contribution is 5.87. The molecule has 0 amide bonds. The molecule has 0 fully saturated rings. The molecule has 0 aliphatic heterocycles. The molecule has 0 aliphatic rings. The molecule has 0 saturated carbocycles. The number of benzene rings is 2. The van der Waals surface area contributed by atoms with Crippen LogP contribution < -0.4 is 0 Å². The maximum absolute atomic E-state index is 4.91. The molecule has 22 heavy (non-hydrogen) atoms. The highest BCUT2D eigenvalue weighted by Crippen LogP contribution is 2.30. The van der Waals surface area contributed by atoms with E-state index >= 15 is 0 Å². The molecule has 112 valence electrons. The third-order valence-corrected chi connectivity index (χ3v) is 4.09. The lowest BCUT2D eigenvalue weighted by Crippen LogP contribution is -2.00. The van der Waals surface area contributed by atoms with Crippen LogP contribution in [0.1, 0.15) is 43.5 Å². The lowest BCUT2D eigenvalue weighted by molar-refractivity contribution is 0.777. The van der Waals surface area contributed by atoms with Gasteiger partial charge in [-0.25, -0.2) is 4.68 Å². The summed E-state index contributed by atoms with van der Waals surface area (Å²) in [6.07, 6.45) is 0. The summed E-state index contributed by atoms with van der Waals surface area (Å²) < 4.78 is 2.08. The summed E-state index contributed by atoms with van der Waals surface area (Å²) in [7, 11) is 0. The number of aryl methyl sites for hydroxylation is 1. The first-order chi connectivity index (χ1) is 10.5. The molecule has 0 spiro atoms. The number of allylic oxidation sites excluding steroid dienone is 1. The summed E-state index contributed by atoms with van der Waals surface area (Å²) >= 11 is 0. The van der Waals surface area contributed by atoms with Gasteiger partial charge >= 0.3 is 0 Å². The molecular weight excluding hydrogens is 268 g/mol. The molecule has 0 aliphatic carbocycles. The molecule has 3 aromatic rings. The van der Waals surface area contributed by atoms with Crippen LogP contribution in [-0.4, -0.2) is 9.78 Å². The fourth-order valence-corrected chi connectivity index (χ4v) is 2.82. The average Bonchev–Trinajstić information content (AvgIpc) is 2.86. The number of aromatic nitrogens is 2. The Bertz CT molecular complexity index is 853. The zero-order chi connectivity index (χ0) is 15.9. The second-order valence-corrected chi connectivity index (χ2v) is 6.25. The van der Waals surface area contributed by atoms with Crippen LogP contribution in [0.2, 0.25) is 0 Å². The minimum Gasteiger partial charge on any atom is -0.233 e. The first kappa shape index (κ1) is 14.6. The predicted octanol–water partition coefficient (Wildman–Crippen LogP) is 5.49. The van der Waals surface area contributed by atoms with E-state index in [1.807, 2.05) is 6.92 Å². The third-order valence-electron chi connectivity index (χ3n) is 4.09. The van der Waals surface area contributed by atoms with Crippen LogP contribution in [0.3, 0.4) is 0 Å². The van der Waals surface area contributed by atoms with Gasteiger partial charge in [0.1, 0.15) is 0 Å². The van der Waals surface area contributed by atoms with Crippen LogP contribution in [0.5, 0.6) is 0 Å². The van der Waals surface area contributed by atoms with Gasteiger partial charge in [-0.15, -0.1) is 0 Å². The number of hydrogen-bond acceptors (Lipinski definition) is 1. The Balaban J connectivity index is 2.36. The van der Waals surface area contributed by atoms with E-state index in [4.69, 9.17) is 5.10 Å². The Kier molecular flexibility index (Phi) is 3.61. The van der Waals surface area contributed by atoms with Crippen molar-refractivity contribution in [3.8, 4) is 5.69 Å². The Hall–Kier alpha value is -2.35. The summed E-state index contributed by atoms with van der Waals surface area (Å²) in [5, 5.41) is 6.13. The standard InChI is InChI=1S/C20H22N2/c1-13(2)16-10-11-17-19(12-16)22(21-20(17)14(3)4)18-9-7-6-8-15(18)5/h6-12,14H,1H2,2-5H3. The van der Waals surface area contributed by atoms with Gasteiger partial charge < -0.3 is 0 Å². The van der Waals surface area contributed by atoms with Crippen molar-refractivity contribution in [3.05, 3.63) is 65.9 Å². The fraction of sp³-hybridized carbons (Fsp3) is 0.250. The smallest absolute Gasteiger partial charge is 0.0750 e. The molecule has 2 aromatic carbocycles. The SMILES string of the molecule is C=C(C)c1ccc2c(C(C)C)nn(-c3ccccc3C)c2c1. The van der Waals surface area contributed by atoms with Crippen LogP contribution in [0.15, 0.2) is 49.0 Å². The minimum absolute atomic E-state index is 0.392. The zero-order valence-electron chi connectivity index (χ0n) is 13.7. The molecular formula is C20H22N2. The summed E-state index contributed by atoms with van der Waals surface area (Å²) in [6, 6.07) is 14.9. The topological polar surface area (TPSA) is 17.8 Å². The fourth-order valence-electron chi connectivity index (χ4n) is 2.82. The van der Waals surface area contributed by atoms with Gasteiger partial charge in [0.05, 0.1) is 16.9 Å². The van der Waals surface area contributed by atoms with Gasteiger partial charge in [-0.05, 0) is 43.0 Å². The second-order valence-electron chi connectivity index (χ2n) is 6.25. The molecule has 2 heteroatoms. The average molecular weight is 290 g/mol.